The molecule has 0 spiro atoms. The van der Waals surface area contributed by atoms with Crippen molar-refractivity contribution in [3.8, 4) is 0 Å². The topological polar surface area (TPSA) is 40.5 Å². The number of carboxylic acid groups (broad SMARTS) is 1. The zero-order chi connectivity index (χ0) is 16.1. The third kappa shape index (κ3) is 3.85. The second-order valence-electron chi connectivity index (χ2n) is 5.40. The summed E-state index contributed by atoms with van der Waals surface area (Å²) in [5.41, 5.74) is 3.66. The molecule has 0 aliphatic carbocycles. The first kappa shape index (κ1) is 16.0. The Hall–Kier alpha value is -2.36. The van der Waals surface area contributed by atoms with Crippen molar-refractivity contribution >= 4 is 11.7 Å². The van der Waals surface area contributed by atoms with Crippen LogP contribution in [0.4, 0.5) is 10.1 Å². The molecule has 22 heavy (non-hydrogen) atoms. The molecule has 0 saturated carbocycles. The van der Waals surface area contributed by atoms with Gasteiger partial charge in [-0.15, -0.1) is 0 Å². The summed E-state index contributed by atoms with van der Waals surface area (Å²) in [6.45, 7) is 4.66. The molecule has 4 heteroatoms. The lowest BCUT2D eigenvalue weighted by Crippen LogP contribution is -2.27. The van der Waals surface area contributed by atoms with E-state index >= 15 is 0 Å². The van der Waals surface area contributed by atoms with Gasteiger partial charge in [0.25, 0.3) is 0 Å². The quantitative estimate of drug-likeness (QED) is 0.879. The van der Waals surface area contributed by atoms with Crippen LogP contribution < -0.4 is 4.90 Å². The number of carboxylic acids is 1. The highest BCUT2D eigenvalue weighted by molar-refractivity contribution is 5.68. The molecule has 0 aromatic heterocycles. The molecule has 0 heterocycles. The molecule has 3 nitrogen and oxygen atoms in total. The van der Waals surface area contributed by atoms with Gasteiger partial charge >= 0.3 is 5.97 Å². The molecule has 0 aliphatic rings. The molecule has 0 saturated heterocycles. The van der Waals surface area contributed by atoms with E-state index < -0.39 is 5.97 Å². The van der Waals surface area contributed by atoms with Gasteiger partial charge in [0, 0.05) is 24.3 Å². The first-order chi connectivity index (χ1) is 10.5. The van der Waals surface area contributed by atoms with Crippen molar-refractivity contribution in [1.82, 2.24) is 0 Å². The number of para-hydroxylation sites is 1. The van der Waals surface area contributed by atoms with Crippen LogP contribution in [-0.4, -0.2) is 17.6 Å². The maximum absolute atomic E-state index is 13.9. The summed E-state index contributed by atoms with van der Waals surface area (Å²) in [4.78, 5) is 12.9. The molecule has 2 rings (SSSR count). The molecule has 0 aliphatic heterocycles. The Labute approximate surface area is 130 Å². The van der Waals surface area contributed by atoms with Crippen molar-refractivity contribution in [1.29, 1.82) is 0 Å². The van der Waals surface area contributed by atoms with E-state index in [0.29, 0.717) is 18.7 Å². The molecule has 0 radical (unpaired) electrons. The second-order valence-corrected chi connectivity index (χ2v) is 5.40. The third-order valence-corrected chi connectivity index (χ3v) is 3.67. The van der Waals surface area contributed by atoms with E-state index in [-0.39, 0.29) is 12.2 Å². The van der Waals surface area contributed by atoms with E-state index in [1.807, 2.05) is 36.9 Å². The predicted molar refractivity (Wildman–Crippen MR) is 85.6 cm³/mol. The van der Waals surface area contributed by atoms with Gasteiger partial charge < -0.3 is 10.0 Å². The fourth-order valence-electron chi connectivity index (χ4n) is 2.64. The lowest BCUT2D eigenvalue weighted by Gasteiger charge is -2.28. The molecular weight excluding hydrogens is 281 g/mol. The van der Waals surface area contributed by atoms with E-state index in [1.54, 1.807) is 18.2 Å². The maximum atomic E-state index is 13.9. The molecule has 0 fully saturated rings. The fraction of sp³-hybridized carbons (Fsp3) is 0.278. The Morgan fingerprint density at radius 1 is 1.09 bits per heavy atom. The number of hydrogen-bond acceptors (Lipinski definition) is 2. The van der Waals surface area contributed by atoms with Crippen LogP contribution in [0.3, 0.4) is 0 Å². The molecular formula is C18H20FNO2. The largest absolute Gasteiger partial charge is 0.481 e. The number of halogens is 1. The van der Waals surface area contributed by atoms with Crippen molar-refractivity contribution in [2.75, 3.05) is 11.4 Å². The summed E-state index contributed by atoms with van der Waals surface area (Å²) in [5, 5.41) is 8.97. The minimum absolute atomic E-state index is 0.0161. The highest BCUT2D eigenvalue weighted by Gasteiger charge is 2.15. The molecule has 116 valence electrons. The molecule has 0 atom stereocenters. The SMILES string of the molecule is Cc1cccc(C)c1N(CCC(=O)O)Cc1ccccc1F. The van der Waals surface area contributed by atoms with Crippen LogP contribution in [0.2, 0.25) is 0 Å². The average Bonchev–Trinajstić information content (AvgIpc) is 2.46. The number of aliphatic carboxylic acids is 1. The fourth-order valence-corrected chi connectivity index (χ4v) is 2.64. The van der Waals surface area contributed by atoms with Crippen LogP contribution in [0, 0.1) is 19.7 Å². The first-order valence-electron chi connectivity index (χ1n) is 7.25. The van der Waals surface area contributed by atoms with E-state index in [2.05, 4.69) is 0 Å². The number of nitrogens with zero attached hydrogens (tertiary/aromatic N) is 1. The normalized spacial score (nSPS) is 10.5. The van der Waals surface area contributed by atoms with Crippen molar-refractivity contribution < 1.29 is 14.3 Å². The van der Waals surface area contributed by atoms with Gasteiger partial charge in [-0.3, -0.25) is 4.79 Å². The summed E-state index contributed by atoms with van der Waals surface area (Å²) >= 11 is 0. The zero-order valence-corrected chi connectivity index (χ0v) is 12.8. The van der Waals surface area contributed by atoms with E-state index in [1.165, 1.54) is 6.07 Å². The van der Waals surface area contributed by atoms with E-state index in [4.69, 9.17) is 5.11 Å². The minimum Gasteiger partial charge on any atom is -0.481 e. The van der Waals surface area contributed by atoms with Gasteiger partial charge in [0.15, 0.2) is 0 Å². The Morgan fingerprint density at radius 3 is 2.32 bits per heavy atom. The number of rotatable bonds is 6. The molecule has 0 amide bonds. The van der Waals surface area contributed by atoms with Gasteiger partial charge in [0.2, 0.25) is 0 Å². The minimum atomic E-state index is -0.857. The van der Waals surface area contributed by atoms with Gasteiger partial charge in [-0.2, -0.15) is 0 Å². The van der Waals surface area contributed by atoms with E-state index in [9.17, 15) is 9.18 Å². The lowest BCUT2D eigenvalue weighted by atomic mass is 10.1. The van der Waals surface area contributed by atoms with Crippen LogP contribution in [-0.2, 0) is 11.3 Å². The van der Waals surface area contributed by atoms with Crippen LogP contribution >= 0.6 is 0 Å². The number of aryl methyl sites for hydroxylation is 2. The first-order valence-corrected chi connectivity index (χ1v) is 7.25. The van der Waals surface area contributed by atoms with Gasteiger partial charge in [-0.05, 0) is 31.0 Å². The predicted octanol–water partition coefficient (Wildman–Crippen LogP) is 3.92. The summed E-state index contributed by atoms with van der Waals surface area (Å²) in [5.74, 6) is -1.13. The van der Waals surface area contributed by atoms with Gasteiger partial charge in [0.05, 0.1) is 6.42 Å². The number of benzene rings is 2. The Morgan fingerprint density at radius 2 is 1.73 bits per heavy atom. The summed E-state index contributed by atoms with van der Waals surface area (Å²) in [7, 11) is 0. The van der Waals surface area contributed by atoms with Gasteiger partial charge in [-0.1, -0.05) is 36.4 Å². The van der Waals surface area contributed by atoms with Gasteiger partial charge in [-0.25, -0.2) is 4.39 Å². The van der Waals surface area contributed by atoms with Gasteiger partial charge in [0.1, 0.15) is 5.82 Å². The highest BCUT2D eigenvalue weighted by Crippen LogP contribution is 2.27. The standard InChI is InChI=1S/C18H20FNO2/c1-13-6-5-7-14(2)18(13)20(11-10-17(21)22)12-15-8-3-4-9-16(15)19/h3-9H,10-12H2,1-2H3,(H,21,22). The number of anilines is 1. The average molecular weight is 301 g/mol. The lowest BCUT2D eigenvalue weighted by molar-refractivity contribution is -0.136. The van der Waals surface area contributed by atoms with E-state index in [0.717, 1.165) is 16.8 Å². The zero-order valence-electron chi connectivity index (χ0n) is 12.8. The maximum Gasteiger partial charge on any atom is 0.305 e. The molecule has 1 N–H and O–H groups in total. The summed E-state index contributed by atoms with van der Waals surface area (Å²) < 4.78 is 13.9. The summed E-state index contributed by atoms with van der Waals surface area (Å²) in [6, 6.07) is 12.5. The second kappa shape index (κ2) is 7.07. The van der Waals surface area contributed by atoms with Crippen LogP contribution in [0.25, 0.3) is 0 Å². The van der Waals surface area contributed by atoms with Crippen LogP contribution in [0.1, 0.15) is 23.1 Å². The van der Waals surface area contributed by atoms with Crippen molar-refractivity contribution in [3.05, 3.63) is 65.0 Å². The Kier molecular flexibility index (Phi) is 5.15. The molecule has 0 bridgehead atoms. The smallest absolute Gasteiger partial charge is 0.305 e. The Balaban J connectivity index is 2.34. The van der Waals surface area contributed by atoms with Crippen molar-refractivity contribution in [2.24, 2.45) is 0 Å². The van der Waals surface area contributed by atoms with Crippen LogP contribution in [0.5, 0.6) is 0 Å². The molecule has 0 unspecified atom stereocenters. The highest BCUT2D eigenvalue weighted by atomic mass is 19.1. The van der Waals surface area contributed by atoms with Crippen LogP contribution in [0.15, 0.2) is 42.5 Å². The molecule has 2 aromatic carbocycles. The third-order valence-electron chi connectivity index (χ3n) is 3.67. The number of hydrogen-bond donors (Lipinski definition) is 1. The monoisotopic (exact) mass is 301 g/mol. The van der Waals surface area contributed by atoms with Crippen molar-refractivity contribution in [3.63, 3.8) is 0 Å². The van der Waals surface area contributed by atoms with Crippen molar-refractivity contribution in [2.45, 2.75) is 26.8 Å². The molecule has 2 aromatic rings. The Bertz CT molecular complexity index is 650. The summed E-state index contributed by atoms with van der Waals surface area (Å²) in [6.07, 6.45) is 0.0161. The number of carbonyl (C=O) groups is 1.